The highest BCUT2D eigenvalue weighted by molar-refractivity contribution is 5.82. The van der Waals surface area contributed by atoms with E-state index >= 15 is 0 Å². The van der Waals surface area contributed by atoms with E-state index in [2.05, 4.69) is 0 Å². The number of hydrogen-bond donors (Lipinski definition) is 1. The van der Waals surface area contributed by atoms with Gasteiger partial charge in [0.15, 0.2) is 0 Å². The zero-order valence-electron chi connectivity index (χ0n) is 10.2. The second-order valence-electron chi connectivity index (χ2n) is 4.17. The maximum Gasteiger partial charge on any atom is 0.330 e. The molecule has 4 nitrogen and oxygen atoms in total. The normalized spacial score (nSPS) is 22.3. The Morgan fingerprint density at radius 3 is 2.72 bits per heavy atom. The smallest absolute Gasteiger partial charge is 0.330 e. The van der Waals surface area contributed by atoms with Gasteiger partial charge in [-0.3, -0.25) is 0 Å². The molecular formula is C14H16O4. The Morgan fingerprint density at radius 1 is 1.39 bits per heavy atom. The first-order valence-corrected chi connectivity index (χ1v) is 5.85. The summed E-state index contributed by atoms with van der Waals surface area (Å²) in [5, 5.41) is 10.3. The summed E-state index contributed by atoms with van der Waals surface area (Å²) in [5.74, 6) is -0.423. The van der Waals surface area contributed by atoms with Crippen LogP contribution >= 0.6 is 0 Å². The van der Waals surface area contributed by atoms with E-state index in [1.54, 1.807) is 6.08 Å². The van der Waals surface area contributed by atoms with Crippen molar-refractivity contribution in [2.75, 3.05) is 7.11 Å². The Bertz CT molecular complexity index is 427. The highest BCUT2D eigenvalue weighted by Gasteiger charge is 2.32. The van der Waals surface area contributed by atoms with Crippen molar-refractivity contribution in [1.82, 2.24) is 0 Å². The van der Waals surface area contributed by atoms with Crippen LogP contribution < -0.4 is 0 Å². The molecule has 0 spiro atoms. The molecule has 0 saturated heterocycles. The minimum absolute atomic E-state index is 0.423. The SMILES string of the molecule is CO[C@H](c1ccccc1)[C@@H](O)C1CC=CC(=O)O1. The Labute approximate surface area is 106 Å². The van der Waals surface area contributed by atoms with Gasteiger partial charge in [0.1, 0.15) is 18.3 Å². The van der Waals surface area contributed by atoms with Crippen LogP contribution in [0.4, 0.5) is 0 Å². The number of ether oxygens (including phenoxy) is 2. The molecule has 1 aromatic rings. The van der Waals surface area contributed by atoms with Crippen molar-refractivity contribution in [2.45, 2.75) is 24.7 Å². The van der Waals surface area contributed by atoms with E-state index in [1.807, 2.05) is 30.3 Å². The van der Waals surface area contributed by atoms with Crippen LogP contribution in [0.5, 0.6) is 0 Å². The lowest BCUT2D eigenvalue weighted by molar-refractivity contribution is -0.157. The second kappa shape index (κ2) is 5.80. The largest absolute Gasteiger partial charge is 0.456 e. The number of rotatable bonds is 4. The van der Waals surface area contributed by atoms with Gasteiger partial charge in [0.25, 0.3) is 0 Å². The predicted molar refractivity (Wildman–Crippen MR) is 65.8 cm³/mol. The van der Waals surface area contributed by atoms with Gasteiger partial charge in [0.05, 0.1) is 0 Å². The fourth-order valence-corrected chi connectivity index (χ4v) is 2.05. The van der Waals surface area contributed by atoms with Crippen LogP contribution in [0.25, 0.3) is 0 Å². The van der Waals surface area contributed by atoms with Crippen molar-refractivity contribution in [1.29, 1.82) is 0 Å². The van der Waals surface area contributed by atoms with Gasteiger partial charge in [-0.15, -0.1) is 0 Å². The average molecular weight is 248 g/mol. The first-order chi connectivity index (χ1) is 8.72. The molecule has 0 aliphatic carbocycles. The molecule has 1 aliphatic rings. The van der Waals surface area contributed by atoms with Crippen molar-refractivity contribution in [3.05, 3.63) is 48.0 Å². The van der Waals surface area contributed by atoms with Gasteiger partial charge in [-0.2, -0.15) is 0 Å². The van der Waals surface area contributed by atoms with Crippen molar-refractivity contribution < 1.29 is 19.4 Å². The predicted octanol–water partition coefficient (Wildman–Crippen LogP) is 1.61. The summed E-state index contributed by atoms with van der Waals surface area (Å²) >= 11 is 0. The lowest BCUT2D eigenvalue weighted by Gasteiger charge is -2.29. The van der Waals surface area contributed by atoms with Crippen LogP contribution in [0.15, 0.2) is 42.5 Å². The molecule has 0 saturated carbocycles. The molecule has 0 amide bonds. The molecule has 96 valence electrons. The van der Waals surface area contributed by atoms with Crippen LogP contribution in [0, 0.1) is 0 Å². The molecule has 1 aliphatic heterocycles. The molecule has 0 bridgehead atoms. The number of benzene rings is 1. The van der Waals surface area contributed by atoms with E-state index in [-0.39, 0.29) is 0 Å². The van der Waals surface area contributed by atoms with E-state index in [9.17, 15) is 9.90 Å². The summed E-state index contributed by atoms with van der Waals surface area (Å²) < 4.78 is 10.4. The molecular weight excluding hydrogens is 232 g/mol. The minimum Gasteiger partial charge on any atom is -0.456 e. The number of methoxy groups -OCH3 is 1. The first-order valence-electron chi connectivity index (χ1n) is 5.85. The molecule has 0 radical (unpaired) electrons. The molecule has 1 unspecified atom stereocenters. The molecule has 4 heteroatoms. The number of aliphatic hydroxyl groups excluding tert-OH is 1. The second-order valence-corrected chi connectivity index (χ2v) is 4.17. The van der Waals surface area contributed by atoms with Gasteiger partial charge in [-0.05, 0) is 5.56 Å². The van der Waals surface area contributed by atoms with Gasteiger partial charge >= 0.3 is 5.97 Å². The lowest BCUT2D eigenvalue weighted by Crippen LogP contribution is -2.37. The third-order valence-electron chi connectivity index (χ3n) is 2.96. The number of carbonyl (C=O) groups excluding carboxylic acids is 1. The third-order valence-corrected chi connectivity index (χ3v) is 2.96. The molecule has 18 heavy (non-hydrogen) atoms. The highest BCUT2D eigenvalue weighted by Crippen LogP contribution is 2.26. The fourth-order valence-electron chi connectivity index (χ4n) is 2.05. The number of hydrogen-bond acceptors (Lipinski definition) is 4. The maximum atomic E-state index is 11.2. The molecule has 1 aromatic carbocycles. The zero-order chi connectivity index (χ0) is 13.0. The number of cyclic esters (lactones) is 1. The van der Waals surface area contributed by atoms with Gasteiger partial charge in [0, 0.05) is 19.6 Å². The van der Waals surface area contributed by atoms with Crippen LogP contribution in [0.3, 0.4) is 0 Å². The van der Waals surface area contributed by atoms with Crippen molar-refractivity contribution in [3.63, 3.8) is 0 Å². The van der Waals surface area contributed by atoms with Crippen LogP contribution in [-0.4, -0.2) is 30.4 Å². The van der Waals surface area contributed by atoms with E-state index in [0.717, 1.165) is 5.56 Å². The van der Waals surface area contributed by atoms with Crippen molar-refractivity contribution in [2.24, 2.45) is 0 Å². The number of aliphatic hydroxyl groups is 1. The highest BCUT2D eigenvalue weighted by atomic mass is 16.6. The molecule has 3 atom stereocenters. The lowest BCUT2D eigenvalue weighted by atomic mass is 9.97. The molecule has 1 N–H and O–H groups in total. The Balaban J connectivity index is 2.13. The van der Waals surface area contributed by atoms with Gasteiger partial charge in [-0.1, -0.05) is 36.4 Å². The minimum atomic E-state index is -0.883. The maximum absolute atomic E-state index is 11.2. The summed E-state index contributed by atoms with van der Waals surface area (Å²) in [6.45, 7) is 0. The van der Waals surface area contributed by atoms with Crippen LogP contribution in [0.2, 0.25) is 0 Å². The zero-order valence-corrected chi connectivity index (χ0v) is 10.2. The Hall–Kier alpha value is -1.65. The number of carbonyl (C=O) groups is 1. The van der Waals surface area contributed by atoms with E-state index in [1.165, 1.54) is 13.2 Å². The monoisotopic (exact) mass is 248 g/mol. The summed E-state index contributed by atoms with van der Waals surface area (Å²) in [6, 6.07) is 9.39. The van der Waals surface area contributed by atoms with Gasteiger partial charge in [0.2, 0.25) is 0 Å². The summed E-state index contributed by atoms with van der Waals surface area (Å²) in [4.78, 5) is 11.2. The third kappa shape index (κ3) is 2.78. The van der Waals surface area contributed by atoms with E-state index < -0.39 is 24.3 Å². The standard InChI is InChI=1S/C14H16O4/c1-17-14(10-6-3-2-4-7-10)13(16)11-8-5-9-12(15)18-11/h2-7,9,11,13-14,16H,8H2,1H3/t11?,13-,14+/m0/s1. The summed E-state index contributed by atoms with van der Waals surface area (Å²) in [5.41, 5.74) is 0.859. The summed E-state index contributed by atoms with van der Waals surface area (Å²) in [6.07, 6.45) is 1.62. The molecule has 0 fully saturated rings. The fraction of sp³-hybridized carbons (Fsp3) is 0.357. The van der Waals surface area contributed by atoms with Crippen LogP contribution in [0.1, 0.15) is 18.1 Å². The van der Waals surface area contributed by atoms with Crippen molar-refractivity contribution in [3.8, 4) is 0 Å². The Morgan fingerprint density at radius 2 is 2.11 bits per heavy atom. The first kappa shape index (κ1) is 12.8. The molecule has 0 aromatic heterocycles. The summed E-state index contributed by atoms with van der Waals surface area (Å²) in [7, 11) is 1.53. The Kier molecular flexibility index (Phi) is 4.12. The van der Waals surface area contributed by atoms with Crippen LogP contribution in [-0.2, 0) is 14.3 Å². The number of esters is 1. The quantitative estimate of drug-likeness (QED) is 0.822. The van der Waals surface area contributed by atoms with E-state index in [0.29, 0.717) is 6.42 Å². The van der Waals surface area contributed by atoms with Gasteiger partial charge < -0.3 is 14.6 Å². The van der Waals surface area contributed by atoms with E-state index in [4.69, 9.17) is 9.47 Å². The molecule has 2 rings (SSSR count). The average Bonchev–Trinajstić information content (AvgIpc) is 2.41. The topological polar surface area (TPSA) is 55.8 Å². The van der Waals surface area contributed by atoms with Gasteiger partial charge in [-0.25, -0.2) is 4.79 Å². The molecule has 1 heterocycles. The van der Waals surface area contributed by atoms with Crippen molar-refractivity contribution >= 4 is 5.97 Å².